The molecular weight excluding hydrogens is 451 g/mol. The van der Waals surface area contributed by atoms with E-state index in [0.717, 1.165) is 5.56 Å². The zero-order valence-electron chi connectivity index (χ0n) is 21.1. The Labute approximate surface area is 206 Å². The van der Waals surface area contributed by atoms with E-state index in [1.807, 2.05) is 51.1 Å². The molecule has 0 spiro atoms. The molecule has 0 unspecified atom stereocenters. The normalized spacial score (nSPS) is 22.3. The molecule has 0 bridgehead atoms. The van der Waals surface area contributed by atoms with Gasteiger partial charge in [-0.05, 0) is 43.0 Å². The van der Waals surface area contributed by atoms with Gasteiger partial charge in [0.05, 0.1) is 19.3 Å². The maximum Gasteiger partial charge on any atom is 0.411 e. The molecular formula is C27H35FN2O5. The maximum atomic E-state index is 14.0. The SMILES string of the molecule is COc1ccc(F)cc1CN[C@@H]1[C@@H](C(C)(C)C)[C@H](C(=O)O)N(C(=O)OC(C)C)[C@@H]1c1ccccc1. The quantitative estimate of drug-likeness (QED) is 0.572. The van der Waals surface area contributed by atoms with Crippen LogP contribution in [0, 0.1) is 17.2 Å². The van der Waals surface area contributed by atoms with Crippen LogP contribution in [0.25, 0.3) is 0 Å². The molecule has 0 saturated carbocycles. The number of carbonyl (C=O) groups is 2. The van der Waals surface area contributed by atoms with Crippen LogP contribution in [0.2, 0.25) is 0 Å². The van der Waals surface area contributed by atoms with Crippen LogP contribution < -0.4 is 10.1 Å². The molecule has 1 amide bonds. The Hall–Kier alpha value is -3.13. The van der Waals surface area contributed by atoms with E-state index in [1.54, 1.807) is 19.9 Å². The highest BCUT2D eigenvalue weighted by atomic mass is 19.1. The number of methoxy groups -OCH3 is 1. The molecule has 2 N–H and O–H groups in total. The summed E-state index contributed by atoms with van der Waals surface area (Å²) in [7, 11) is 1.52. The van der Waals surface area contributed by atoms with Gasteiger partial charge in [0, 0.05) is 24.1 Å². The van der Waals surface area contributed by atoms with Gasteiger partial charge in [-0.2, -0.15) is 0 Å². The van der Waals surface area contributed by atoms with Crippen LogP contribution in [0.1, 0.15) is 51.8 Å². The molecule has 2 aromatic rings. The van der Waals surface area contributed by atoms with E-state index >= 15 is 0 Å². The fourth-order valence-corrected chi connectivity index (χ4v) is 5.06. The van der Waals surface area contributed by atoms with E-state index in [1.165, 1.54) is 24.1 Å². The molecule has 1 heterocycles. The van der Waals surface area contributed by atoms with Crippen molar-refractivity contribution in [2.24, 2.45) is 11.3 Å². The summed E-state index contributed by atoms with van der Waals surface area (Å²) >= 11 is 0. The lowest BCUT2D eigenvalue weighted by Gasteiger charge is -2.35. The van der Waals surface area contributed by atoms with Crippen LogP contribution in [0.5, 0.6) is 5.75 Å². The monoisotopic (exact) mass is 486 g/mol. The number of likely N-dealkylation sites (tertiary alicyclic amines) is 1. The summed E-state index contributed by atoms with van der Waals surface area (Å²) in [6.45, 7) is 9.57. The molecule has 1 aliphatic heterocycles. The number of nitrogens with zero attached hydrogens (tertiary/aromatic N) is 1. The second kappa shape index (κ2) is 10.6. The van der Waals surface area contributed by atoms with Gasteiger partial charge in [0.2, 0.25) is 0 Å². The van der Waals surface area contributed by atoms with Gasteiger partial charge in [0.1, 0.15) is 17.6 Å². The third-order valence-corrected chi connectivity index (χ3v) is 6.38. The van der Waals surface area contributed by atoms with Gasteiger partial charge in [-0.15, -0.1) is 0 Å². The average Bonchev–Trinajstić information content (AvgIpc) is 3.14. The zero-order valence-corrected chi connectivity index (χ0v) is 21.1. The zero-order chi connectivity index (χ0) is 25.9. The molecule has 8 heteroatoms. The first kappa shape index (κ1) is 26.5. The Morgan fingerprint density at radius 1 is 1.14 bits per heavy atom. The topological polar surface area (TPSA) is 88.1 Å². The second-order valence-corrected chi connectivity index (χ2v) is 10.2. The van der Waals surface area contributed by atoms with Crippen molar-refractivity contribution >= 4 is 12.1 Å². The molecule has 0 aliphatic carbocycles. The van der Waals surface area contributed by atoms with E-state index < -0.39 is 53.4 Å². The molecule has 7 nitrogen and oxygen atoms in total. The van der Waals surface area contributed by atoms with E-state index in [-0.39, 0.29) is 6.54 Å². The van der Waals surface area contributed by atoms with Crippen LogP contribution in [0.15, 0.2) is 48.5 Å². The number of nitrogens with one attached hydrogen (secondary N) is 1. The van der Waals surface area contributed by atoms with Crippen molar-refractivity contribution < 1.29 is 28.6 Å². The van der Waals surface area contributed by atoms with E-state index in [0.29, 0.717) is 11.3 Å². The molecule has 2 aromatic carbocycles. The summed E-state index contributed by atoms with van der Waals surface area (Å²) in [6, 6.07) is 11.4. The molecule has 1 aliphatic rings. The number of ether oxygens (including phenoxy) is 2. The van der Waals surface area contributed by atoms with Gasteiger partial charge in [-0.1, -0.05) is 51.1 Å². The minimum absolute atomic E-state index is 0.223. The predicted octanol–water partition coefficient (Wildman–Crippen LogP) is 5.01. The summed E-state index contributed by atoms with van der Waals surface area (Å²) < 4.78 is 24.9. The molecule has 35 heavy (non-hydrogen) atoms. The van der Waals surface area contributed by atoms with Crippen molar-refractivity contribution in [1.82, 2.24) is 10.2 Å². The fraction of sp³-hybridized carbons (Fsp3) is 0.481. The lowest BCUT2D eigenvalue weighted by atomic mass is 9.72. The van der Waals surface area contributed by atoms with Gasteiger partial charge in [0.15, 0.2) is 0 Å². The number of rotatable bonds is 7. The fourth-order valence-electron chi connectivity index (χ4n) is 5.06. The Kier molecular flexibility index (Phi) is 8.05. The minimum atomic E-state index is -1.13. The van der Waals surface area contributed by atoms with Crippen LogP contribution in [0.3, 0.4) is 0 Å². The summed E-state index contributed by atoms with van der Waals surface area (Å²) in [5.74, 6) is -1.46. The number of hydrogen-bond donors (Lipinski definition) is 2. The summed E-state index contributed by atoms with van der Waals surface area (Å²) in [5, 5.41) is 13.8. The van der Waals surface area contributed by atoms with Crippen LogP contribution in [-0.4, -0.2) is 47.4 Å². The van der Waals surface area contributed by atoms with Crippen molar-refractivity contribution in [1.29, 1.82) is 0 Å². The number of hydrogen-bond acceptors (Lipinski definition) is 5. The van der Waals surface area contributed by atoms with Crippen LogP contribution >= 0.6 is 0 Å². The summed E-state index contributed by atoms with van der Waals surface area (Å²) in [5.41, 5.74) is 0.893. The largest absolute Gasteiger partial charge is 0.496 e. The molecule has 190 valence electrons. The van der Waals surface area contributed by atoms with Crippen LogP contribution in [0.4, 0.5) is 9.18 Å². The van der Waals surface area contributed by atoms with Crippen molar-refractivity contribution in [3.8, 4) is 5.75 Å². The standard InChI is InChI=1S/C27H35FN2O5/c1-16(2)35-26(33)30-23(17-10-8-7-9-11-17)22(21(27(3,4)5)24(30)25(31)32)29-15-18-14-19(28)12-13-20(18)34-6/h7-14,16,21-24,29H,15H2,1-6H3,(H,31,32)/t21-,22-,23-,24-/m1/s1. The molecule has 0 radical (unpaired) electrons. The van der Waals surface area contributed by atoms with Gasteiger partial charge < -0.3 is 19.9 Å². The maximum absolute atomic E-state index is 14.0. The Morgan fingerprint density at radius 2 is 1.80 bits per heavy atom. The van der Waals surface area contributed by atoms with Crippen molar-refractivity contribution in [2.45, 2.75) is 65.4 Å². The highest BCUT2D eigenvalue weighted by Gasteiger charge is 2.58. The van der Waals surface area contributed by atoms with Gasteiger partial charge >= 0.3 is 12.1 Å². The Balaban J connectivity index is 2.13. The number of halogens is 1. The first-order chi connectivity index (χ1) is 16.5. The van der Waals surface area contributed by atoms with E-state index in [4.69, 9.17) is 9.47 Å². The van der Waals surface area contributed by atoms with Crippen molar-refractivity contribution in [3.63, 3.8) is 0 Å². The Bertz CT molecular complexity index is 1040. The number of amides is 1. The number of carboxylic acids is 1. The minimum Gasteiger partial charge on any atom is -0.496 e. The first-order valence-corrected chi connectivity index (χ1v) is 11.8. The van der Waals surface area contributed by atoms with Crippen molar-refractivity contribution in [3.05, 3.63) is 65.5 Å². The smallest absolute Gasteiger partial charge is 0.411 e. The number of carbonyl (C=O) groups excluding carboxylic acids is 1. The lowest BCUT2D eigenvalue weighted by molar-refractivity contribution is -0.144. The second-order valence-electron chi connectivity index (χ2n) is 10.2. The lowest BCUT2D eigenvalue weighted by Crippen LogP contribution is -2.48. The third-order valence-electron chi connectivity index (χ3n) is 6.38. The van der Waals surface area contributed by atoms with Gasteiger partial charge in [0.25, 0.3) is 0 Å². The highest BCUT2D eigenvalue weighted by Crippen LogP contribution is 2.48. The van der Waals surface area contributed by atoms with Crippen molar-refractivity contribution in [2.75, 3.05) is 7.11 Å². The van der Waals surface area contributed by atoms with Gasteiger partial charge in [-0.25, -0.2) is 14.0 Å². The first-order valence-electron chi connectivity index (χ1n) is 11.8. The molecule has 1 saturated heterocycles. The van der Waals surface area contributed by atoms with Gasteiger partial charge in [-0.3, -0.25) is 4.90 Å². The molecule has 4 atom stereocenters. The highest BCUT2D eigenvalue weighted by molar-refractivity contribution is 5.82. The summed E-state index contributed by atoms with van der Waals surface area (Å²) in [6.07, 6.45) is -1.09. The molecule has 0 aromatic heterocycles. The van der Waals surface area contributed by atoms with E-state index in [9.17, 15) is 19.1 Å². The van der Waals surface area contributed by atoms with E-state index in [2.05, 4.69) is 5.32 Å². The Morgan fingerprint density at radius 3 is 2.34 bits per heavy atom. The van der Waals surface area contributed by atoms with Crippen LogP contribution in [-0.2, 0) is 16.1 Å². The third kappa shape index (κ3) is 5.75. The number of aliphatic carboxylic acids is 1. The average molecular weight is 487 g/mol. The summed E-state index contributed by atoms with van der Waals surface area (Å²) in [4.78, 5) is 27.3. The number of carboxylic acid groups (broad SMARTS) is 1. The molecule has 1 fully saturated rings. The number of benzene rings is 2. The molecule has 3 rings (SSSR count). The predicted molar refractivity (Wildman–Crippen MR) is 131 cm³/mol.